The zero-order valence-corrected chi connectivity index (χ0v) is 12.1. The van der Waals surface area contributed by atoms with E-state index in [1.165, 1.54) is 7.11 Å². The lowest BCUT2D eigenvalue weighted by Crippen LogP contribution is -2.33. The minimum atomic E-state index is -0.531. The molecular weight excluding hydrogens is 260 g/mol. The summed E-state index contributed by atoms with van der Waals surface area (Å²) in [6.45, 7) is 6.25. The van der Waals surface area contributed by atoms with Gasteiger partial charge in [-0.1, -0.05) is 6.07 Å². The highest BCUT2D eigenvalue weighted by Gasteiger charge is 2.29. The van der Waals surface area contributed by atoms with Crippen molar-refractivity contribution >= 4 is 12.1 Å². The van der Waals surface area contributed by atoms with Gasteiger partial charge < -0.3 is 9.47 Å². The Balaban J connectivity index is 2.11. The highest BCUT2D eigenvalue weighted by molar-refractivity contribution is 5.87. The third-order valence-corrected chi connectivity index (χ3v) is 2.82. The summed E-state index contributed by atoms with van der Waals surface area (Å²) in [6.07, 6.45) is -0.380. The standard InChI is InChI=1S/C14H18N2O4/c1-14(2,3)20-13(18)16-7-9-5-6-10(12(17)19-4)15-11(9)8-16/h5-6H,7-8H2,1-4H3. The van der Waals surface area contributed by atoms with Crippen LogP contribution in [0.25, 0.3) is 0 Å². The molecule has 0 N–H and O–H groups in total. The van der Waals surface area contributed by atoms with Crippen LogP contribution in [0.15, 0.2) is 12.1 Å². The Hall–Kier alpha value is -2.11. The molecule has 0 saturated carbocycles. The predicted octanol–water partition coefficient (Wildman–Crippen LogP) is 2.12. The zero-order chi connectivity index (χ0) is 14.9. The van der Waals surface area contributed by atoms with Gasteiger partial charge in [0.25, 0.3) is 0 Å². The van der Waals surface area contributed by atoms with Gasteiger partial charge in [0.2, 0.25) is 0 Å². The van der Waals surface area contributed by atoms with Gasteiger partial charge in [-0.2, -0.15) is 0 Å². The Labute approximate surface area is 117 Å². The summed E-state index contributed by atoms with van der Waals surface area (Å²) >= 11 is 0. The molecule has 1 amide bonds. The molecule has 0 saturated heterocycles. The van der Waals surface area contributed by atoms with E-state index in [4.69, 9.17) is 4.74 Å². The van der Waals surface area contributed by atoms with Gasteiger partial charge in [0.15, 0.2) is 0 Å². The van der Waals surface area contributed by atoms with Crippen molar-refractivity contribution in [3.63, 3.8) is 0 Å². The van der Waals surface area contributed by atoms with Crippen LogP contribution in [0.4, 0.5) is 4.79 Å². The molecule has 0 bridgehead atoms. The third kappa shape index (κ3) is 3.07. The first kappa shape index (κ1) is 14.3. The van der Waals surface area contributed by atoms with E-state index in [0.29, 0.717) is 18.8 Å². The second kappa shape index (κ2) is 5.11. The number of hydrogen-bond donors (Lipinski definition) is 0. The van der Waals surface area contributed by atoms with Crippen molar-refractivity contribution in [2.24, 2.45) is 0 Å². The van der Waals surface area contributed by atoms with E-state index in [9.17, 15) is 9.59 Å². The van der Waals surface area contributed by atoms with Crippen LogP contribution >= 0.6 is 0 Å². The zero-order valence-electron chi connectivity index (χ0n) is 12.1. The second-order valence-corrected chi connectivity index (χ2v) is 5.63. The van der Waals surface area contributed by atoms with Gasteiger partial charge in [-0.15, -0.1) is 0 Å². The number of hydrogen-bond acceptors (Lipinski definition) is 5. The molecule has 20 heavy (non-hydrogen) atoms. The van der Waals surface area contributed by atoms with Crippen molar-refractivity contribution < 1.29 is 19.1 Å². The molecule has 1 aliphatic heterocycles. The highest BCUT2D eigenvalue weighted by Crippen LogP contribution is 2.23. The van der Waals surface area contributed by atoms with Gasteiger partial charge in [0.05, 0.1) is 25.9 Å². The Morgan fingerprint density at radius 2 is 1.95 bits per heavy atom. The van der Waals surface area contributed by atoms with Crippen LogP contribution < -0.4 is 0 Å². The summed E-state index contributed by atoms with van der Waals surface area (Å²) < 4.78 is 9.95. The SMILES string of the molecule is COC(=O)c1ccc2c(n1)CN(C(=O)OC(C)(C)C)C2. The summed E-state index contributed by atoms with van der Waals surface area (Å²) in [5.41, 5.74) is 1.34. The lowest BCUT2D eigenvalue weighted by molar-refractivity contribution is 0.0240. The lowest BCUT2D eigenvalue weighted by atomic mass is 10.2. The molecule has 0 fully saturated rings. The summed E-state index contributed by atoms with van der Waals surface area (Å²) in [5.74, 6) is -0.483. The van der Waals surface area contributed by atoms with E-state index in [2.05, 4.69) is 9.72 Å². The number of carbonyl (C=O) groups is 2. The number of methoxy groups -OCH3 is 1. The van der Waals surface area contributed by atoms with E-state index in [1.54, 1.807) is 17.0 Å². The number of esters is 1. The van der Waals surface area contributed by atoms with Crippen molar-refractivity contribution in [3.8, 4) is 0 Å². The van der Waals surface area contributed by atoms with Crippen LogP contribution in [0.3, 0.4) is 0 Å². The summed E-state index contributed by atoms with van der Waals surface area (Å²) in [7, 11) is 1.31. The molecule has 0 atom stereocenters. The fourth-order valence-electron chi connectivity index (χ4n) is 1.93. The second-order valence-electron chi connectivity index (χ2n) is 5.63. The minimum absolute atomic E-state index is 0.247. The van der Waals surface area contributed by atoms with Crippen LogP contribution in [0.2, 0.25) is 0 Å². The first-order valence-electron chi connectivity index (χ1n) is 6.35. The van der Waals surface area contributed by atoms with Crippen LogP contribution in [0, 0.1) is 0 Å². The fourth-order valence-corrected chi connectivity index (χ4v) is 1.93. The maximum atomic E-state index is 12.0. The predicted molar refractivity (Wildman–Crippen MR) is 71.1 cm³/mol. The van der Waals surface area contributed by atoms with Crippen LogP contribution in [-0.2, 0) is 22.6 Å². The van der Waals surface area contributed by atoms with Gasteiger partial charge in [0, 0.05) is 0 Å². The molecule has 1 aliphatic rings. The first-order chi connectivity index (χ1) is 9.30. The Morgan fingerprint density at radius 3 is 2.55 bits per heavy atom. The topological polar surface area (TPSA) is 68.7 Å². The summed E-state index contributed by atoms with van der Waals surface area (Å²) in [4.78, 5) is 29.2. The molecule has 6 nitrogen and oxygen atoms in total. The maximum absolute atomic E-state index is 12.0. The Bertz CT molecular complexity index is 549. The highest BCUT2D eigenvalue weighted by atomic mass is 16.6. The first-order valence-corrected chi connectivity index (χ1v) is 6.35. The summed E-state index contributed by atoms with van der Waals surface area (Å²) in [5, 5.41) is 0. The largest absolute Gasteiger partial charge is 0.464 e. The van der Waals surface area contributed by atoms with Gasteiger partial charge in [-0.05, 0) is 32.4 Å². The van der Waals surface area contributed by atoms with Crippen molar-refractivity contribution in [2.45, 2.75) is 39.5 Å². The number of ether oxygens (including phenoxy) is 2. The van der Waals surface area contributed by atoms with E-state index >= 15 is 0 Å². The molecular formula is C14H18N2O4. The van der Waals surface area contributed by atoms with E-state index in [-0.39, 0.29) is 11.8 Å². The van der Waals surface area contributed by atoms with Crippen molar-refractivity contribution in [1.82, 2.24) is 9.88 Å². The Morgan fingerprint density at radius 1 is 1.25 bits per heavy atom. The van der Waals surface area contributed by atoms with Gasteiger partial charge >= 0.3 is 12.1 Å². The normalized spacial score (nSPS) is 13.9. The lowest BCUT2D eigenvalue weighted by Gasteiger charge is -2.23. The molecule has 0 unspecified atom stereocenters. The number of pyridine rings is 1. The number of fused-ring (bicyclic) bond motifs is 1. The van der Waals surface area contributed by atoms with E-state index in [1.807, 2.05) is 20.8 Å². The Kier molecular flexibility index (Phi) is 3.65. The van der Waals surface area contributed by atoms with Crippen LogP contribution in [0.5, 0.6) is 0 Å². The van der Waals surface area contributed by atoms with Gasteiger partial charge in [-0.3, -0.25) is 4.90 Å². The van der Waals surface area contributed by atoms with Crippen molar-refractivity contribution in [2.75, 3.05) is 7.11 Å². The number of nitrogens with zero attached hydrogens (tertiary/aromatic N) is 2. The third-order valence-electron chi connectivity index (χ3n) is 2.82. The summed E-state index contributed by atoms with van der Waals surface area (Å²) in [6, 6.07) is 3.39. The average molecular weight is 278 g/mol. The molecule has 0 spiro atoms. The van der Waals surface area contributed by atoms with Gasteiger partial charge in [-0.25, -0.2) is 14.6 Å². The molecule has 108 valence electrons. The molecule has 1 aromatic rings. The smallest absolute Gasteiger partial charge is 0.410 e. The molecule has 2 rings (SSSR count). The van der Waals surface area contributed by atoms with Crippen LogP contribution in [-0.4, -0.2) is 34.7 Å². The molecule has 0 aliphatic carbocycles. The number of aromatic nitrogens is 1. The molecule has 0 radical (unpaired) electrons. The molecule has 6 heteroatoms. The quantitative estimate of drug-likeness (QED) is 0.736. The number of amides is 1. The van der Waals surface area contributed by atoms with Crippen molar-refractivity contribution in [1.29, 1.82) is 0 Å². The van der Waals surface area contributed by atoms with Crippen LogP contribution in [0.1, 0.15) is 42.5 Å². The average Bonchev–Trinajstić information content (AvgIpc) is 2.78. The maximum Gasteiger partial charge on any atom is 0.410 e. The molecule has 2 heterocycles. The molecule has 1 aromatic heterocycles. The van der Waals surface area contributed by atoms with Crippen molar-refractivity contribution in [3.05, 3.63) is 29.1 Å². The van der Waals surface area contributed by atoms with Gasteiger partial charge in [0.1, 0.15) is 11.3 Å². The van der Waals surface area contributed by atoms with E-state index < -0.39 is 11.6 Å². The number of carbonyl (C=O) groups excluding carboxylic acids is 2. The monoisotopic (exact) mass is 278 g/mol. The number of rotatable bonds is 1. The molecule has 0 aromatic carbocycles. The fraction of sp³-hybridized carbons (Fsp3) is 0.500. The minimum Gasteiger partial charge on any atom is -0.464 e. The van der Waals surface area contributed by atoms with E-state index in [0.717, 1.165) is 5.56 Å².